The van der Waals surface area contributed by atoms with Crippen molar-refractivity contribution < 1.29 is 23.5 Å². The van der Waals surface area contributed by atoms with Gasteiger partial charge in [-0.2, -0.15) is 0 Å². The lowest BCUT2D eigenvalue weighted by molar-refractivity contribution is -0.114. The summed E-state index contributed by atoms with van der Waals surface area (Å²) >= 11 is 0. The first-order valence-electron chi connectivity index (χ1n) is 7.46. The average molecular weight is 300 g/mol. The second-order valence-corrected chi connectivity index (χ2v) is 6.16. The van der Waals surface area contributed by atoms with E-state index in [1.807, 2.05) is 12.2 Å². The van der Waals surface area contributed by atoms with E-state index in [9.17, 15) is 0 Å². The van der Waals surface area contributed by atoms with Crippen molar-refractivity contribution in [3.8, 4) is 0 Å². The van der Waals surface area contributed by atoms with E-state index >= 15 is 0 Å². The normalized spacial score (nSPS) is 20.8. The molecule has 1 saturated heterocycles. The van der Waals surface area contributed by atoms with Crippen LogP contribution in [-0.2, 0) is 23.5 Å². The van der Waals surface area contributed by atoms with Gasteiger partial charge in [0.25, 0.3) is 0 Å². The molecular formula is C15H29BO5. The van der Waals surface area contributed by atoms with Gasteiger partial charge in [-0.3, -0.25) is 0 Å². The molecule has 0 spiro atoms. The lowest BCUT2D eigenvalue weighted by atomic mass is 9.85. The van der Waals surface area contributed by atoms with Gasteiger partial charge in [-0.25, -0.2) is 0 Å². The molecule has 1 fully saturated rings. The number of hydrogen-bond donors (Lipinski definition) is 0. The highest BCUT2D eigenvalue weighted by Gasteiger charge is 2.50. The number of rotatable bonds is 9. The topological polar surface area (TPSA) is 46.2 Å². The first kappa shape index (κ1) is 18.7. The molecule has 21 heavy (non-hydrogen) atoms. The van der Waals surface area contributed by atoms with Crippen LogP contribution in [0.15, 0.2) is 12.2 Å². The summed E-state index contributed by atoms with van der Waals surface area (Å²) in [6, 6.07) is 0. The van der Waals surface area contributed by atoms with E-state index in [0.717, 1.165) is 12.7 Å². The predicted molar refractivity (Wildman–Crippen MR) is 83.3 cm³/mol. The Labute approximate surface area is 129 Å². The largest absolute Gasteiger partial charge is 0.461 e. The molecule has 0 radical (unpaired) electrons. The third-order valence-corrected chi connectivity index (χ3v) is 4.04. The molecule has 0 unspecified atom stereocenters. The first-order chi connectivity index (χ1) is 9.82. The fraction of sp³-hybridized carbons (Fsp3) is 0.867. The van der Waals surface area contributed by atoms with Crippen molar-refractivity contribution in [1.82, 2.24) is 0 Å². The van der Waals surface area contributed by atoms with Crippen molar-refractivity contribution in [2.45, 2.75) is 57.9 Å². The van der Waals surface area contributed by atoms with Gasteiger partial charge in [0, 0.05) is 27.0 Å². The monoisotopic (exact) mass is 300 g/mol. The molecule has 1 heterocycles. The SMILES string of the molecule is COC(CCOC/C=C\CB1OC(C)(C)C(C)(C)O1)OC. The molecule has 1 aliphatic rings. The van der Waals surface area contributed by atoms with E-state index in [0.29, 0.717) is 13.2 Å². The summed E-state index contributed by atoms with van der Waals surface area (Å²) in [5, 5.41) is 0. The van der Waals surface area contributed by atoms with Crippen LogP contribution in [0.3, 0.4) is 0 Å². The Hall–Kier alpha value is -0.395. The van der Waals surface area contributed by atoms with Crippen LogP contribution in [0.1, 0.15) is 34.1 Å². The maximum atomic E-state index is 5.90. The molecular weight excluding hydrogens is 271 g/mol. The molecule has 0 aliphatic carbocycles. The second-order valence-electron chi connectivity index (χ2n) is 6.16. The Morgan fingerprint density at radius 3 is 2.10 bits per heavy atom. The smallest absolute Gasteiger partial charge is 0.403 e. The van der Waals surface area contributed by atoms with Gasteiger partial charge < -0.3 is 23.5 Å². The second kappa shape index (κ2) is 8.29. The minimum absolute atomic E-state index is 0.183. The van der Waals surface area contributed by atoms with Crippen LogP contribution in [0.2, 0.25) is 6.32 Å². The van der Waals surface area contributed by atoms with Crippen LogP contribution in [-0.4, -0.2) is 52.0 Å². The fourth-order valence-electron chi connectivity index (χ4n) is 2.00. The minimum Gasteiger partial charge on any atom is -0.403 e. The van der Waals surface area contributed by atoms with Gasteiger partial charge in [-0.05, 0) is 27.7 Å². The maximum absolute atomic E-state index is 5.90. The van der Waals surface area contributed by atoms with E-state index < -0.39 is 0 Å². The van der Waals surface area contributed by atoms with Gasteiger partial charge in [0.15, 0.2) is 6.29 Å². The molecule has 0 N–H and O–H groups in total. The predicted octanol–water partition coefficient (Wildman–Crippen LogP) is 2.66. The van der Waals surface area contributed by atoms with Crippen LogP contribution in [0.4, 0.5) is 0 Å². The van der Waals surface area contributed by atoms with Gasteiger partial charge in [0.2, 0.25) is 0 Å². The molecule has 0 atom stereocenters. The Morgan fingerprint density at radius 2 is 1.57 bits per heavy atom. The molecule has 0 aromatic carbocycles. The summed E-state index contributed by atoms with van der Waals surface area (Å²) in [5.41, 5.74) is -0.533. The summed E-state index contributed by atoms with van der Waals surface area (Å²) in [7, 11) is 3.06. The number of hydrogen-bond acceptors (Lipinski definition) is 5. The zero-order chi connectivity index (χ0) is 15.9. The van der Waals surface area contributed by atoms with Crippen LogP contribution in [0, 0.1) is 0 Å². The summed E-state index contributed by atoms with van der Waals surface area (Å²) in [4.78, 5) is 0. The first-order valence-corrected chi connectivity index (χ1v) is 7.46. The van der Waals surface area contributed by atoms with Crippen LogP contribution >= 0.6 is 0 Å². The average Bonchev–Trinajstić information content (AvgIpc) is 2.61. The van der Waals surface area contributed by atoms with Gasteiger partial charge in [0.05, 0.1) is 24.4 Å². The molecule has 0 aromatic heterocycles. The highest BCUT2D eigenvalue weighted by Crippen LogP contribution is 2.37. The summed E-state index contributed by atoms with van der Waals surface area (Å²) in [6.07, 6.45) is 5.28. The summed E-state index contributed by atoms with van der Waals surface area (Å²) < 4.78 is 27.5. The Morgan fingerprint density at radius 1 is 1.00 bits per heavy atom. The molecule has 1 aliphatic heterocycles. The van der Waals surface area contributed by atoms with Crippen molar-refractivity contribution in [3.63, 3.8) is 0 Å². The van der Waals surface area contributed by atoms with Gasteiger partial charge in [0.1, 0.15) is 0 Å². The van der Waals surface area contributed by atoms with Crippen LogP contribution < -0.4 is 0 Å². The number of ether oxygens (including phenoxy) is 3. The quantitative estimate of drug-likeness (QED) is 0.283. The van der Waals surface area contributed by atoms with Gasteiger partial charge >= 0.3 is 7.12 Å². The lowest BCUT2D eigenvalue weighted by Crippen LogP contribution is -2.41. The molecule has 0 bridgehead atoms. The standard InChI is InChI=1S/C15H29BO5/c1-14(2)15(3,4)21-16(20-14)10-7-8-11-19-12-9-13(17-5)18-6/h7-8,13H,9-12H2,1-6H3/b8-7-. The summed E-state index contributed by atoms with van der Waals surface area (Å²) in [5.74, 6) is 0. The third kappa shape index (κ3) is 5.72. The van der Waals surface area contributed by atoms with E-state index in [-0.39, 0.29) is 24.6 Å². The van der Waals surface area contributed by atoms with E-state index in [4.69, 9.17) is 23.5 Å². The zero-order valence-corrected chi connectivity index (χ0v) is 14.2. The number of allylic oxidation sites excluding steroid dienone is 1. The molecule has 5 nitrogen and oxygen atoms in total. The summed E-state index contributed by atoms with van der Waals surface area (Å²) in [6.45, 7) is 9.40. The van der Waals surface area contributed by atoms with Gasteiger partial charge in [-0.15, -0.1) is 0 Å². The molecule has 1 rings (SSSR count). The minimum atomic E-state index is -0.267. The van der Waals surface area contributed by atoms with Crippen LogP contribution in [0.5, 0.6) is 0 Å². The maximum Gasteiger partial charge on any atom is 0.461 e. The van der Waals surface area contributed by atoms with Crippen molar-refractivity contribution in [3.05, 3.63) is 12.2 Å². The lowest BCUT2D eigenvalue weighted by Gasteiger charge is -2.32. The van der Waals surface area contributed by atoms with E-state index in [1.165, 1.54) is 0 Å². The van der Waals surface area contributed by atoms with Crippen LogP contribution in [0.25, 0.3) is 0 Å². The van der Waals surface area contributed by atoms with Crippen molar-refractivity contribution in [2.75, 3.05) is 27.4 Å². The van der Waals surface area contributed by atoms with E-state index in [1.54, 1.807) is 14.2 Å². The Kier molecular flexibility index (Phi) is 7.37. The molecule has 0 saturated carbocycles. The van der Waals surface area contributed by atoms with Crippen molar-refractivity contribution >= 4 is 7.12 Å². The molecule has 0 aromatic rings. The third-order valence-electron chi connectivity index (χ3n) is 4.04. The highest BCUT2D eigenvalue weighted by atomic mass is 16.7. The molecule has 6 heteroatoms. The fourth-order valence-corrected chi connectivity index (χ4v) is 2.00. The Balaban J connectivity index is 2.14. The molecule has 0 amide bonds. The molecule has 122 valence electrons. The van der Waals surface area contributed by atoms with Gasteiger partial charge in [-0.1, -0.05) is 12.2 Å². The van der Waals surface area contributed by atoms with E-state index in [2.05, 4.69) is 27.7 Å². The number of methoxy groups -OCH3 is 2. The van der Waals surface area contributed by atoms with Crippen molar-refractivity contribution in [1.29, 1.82) is 0 Å². The Bertz CT molecular complexity index is 310. The van der Waals surface area contributed by atoms with Crippen molar-refractivity contribution in [2.24, 2.45) is 0 Å². The zero-order valence-electron chi connectivity index (χ0n) is 14.2. The highest BCUT2D eigenvalue weighted by molar-refractivity contribution is 6.46.